The Hall–Kier alpha value is -1.30. The zero-order chi connectivity index (χ0) is 12.8. The first-order valence-electron chi connectivity index (χ1n) is 4.97. The summed E-state index contributed by atoms with van der Waals surface area (Å²) in [5.41, 5.74) is 6.15. The second kappa shape index (κ2) is 6.44. The molecule has 0 aliphatic rings. The predicted molar refractivity (Wildman–Crippen MR) is 66.5 cm³/mol. The van der Waals surface area contributed by atoms with Crippen molar-refractivity contribution in [2.75, 3.05) is 26.1 Å². The standard InChI is InChI=1S/C11H15ClN2O3/c1-16-6-9(13)11(15)14-7-3-4-8(12)10(5-7)17-2/h3-5,9H,6,13H2,1-2H3,(H,14,15). The third kappa shape index (κ3) is 3.89. The van der Waals surface area contributed by atoms with Crippen LogP contribution >= 0.6 is 11.6 Å². The van der Waals surface area contributed by atoms with Crippen molar-refractivity contribution in [1.82, 2.24) is 0 Å². The fraction of sp³-hybridized carbons (Fsp3) is 0.364. The number of carbonyl (C=O) groups excluding carboxylic acids is 1. The number of hydrogen-bond acceptors (Lipinski definition) is 4. The van der Waals surface area contributed by atoms with Gasteiger partial charge in [0.2, 0.25) is 5.91 Å². The average Bonchev–Trinajstić information content (AvgIpc) is 2.31. The van der Waals surface area contributed by atoms with E-state index in [2.05, 4.69) is 5.32 Å². The Kier molecular flexibility index (Phi) is 5.21. The topological polar surface area (TPSA) is 73.6 Å². The highest BCUT2D eigenvalue weighted by molar-refractivity contribution is 6.32. The highest BCUT2D eigenvalue weighted by Gasteiger charge is 2.13. The molecule has 6 heteroatoms. The minimum absolute atomic E-state index is 0.163. The van der Waals surface area contributed by atoms with Gasteiger partial charge in [-0.15, -0.1) is 0 Å². The van der Waals surface area contributed by atoms with Crippen LogP contribution in [0.5, 0.6) is 5.75 Å². The Morgan fingerprint density at radius 1 is 1.53 bits per heavy atom. The van der Waals surface area contributed by atoms with Gasteiger partial charge in [-0.3, -0.25) is 4.79 Å². The molecular weight excluding hydrogens is 244 g/mol. The number of nitrogens with two attached hydrogens (primary N) is 1. The quantitative estimate of drug-likeness (QED) is 0.834. The predicted octanol–water partition coefficient (Wildman–Crippen LogP) is 1.26. The zero-order valence-electron chi connectivity index (χ0n) is 9.70. The van der Waals surface area contributed by atoms with Gasteiger partial charge in [0.05, 0.1) is 18.7 Å². The van der Waals surface area contributed by atoms with Crippen LogP contribution in [0.4, 0.5) is 5.69 Å². The van der Waals surface area contributed by atoms with Crippen molar-refractivity contribution in [2.24, 2.45) is 5.73 Å². The lowest BCUT2D eigenvalue weighted by Crippen LogP contribution is -2.39. The number of benzene rings is 1. The van der Waals surface area contributed by atoms with E-state index >= 15 is 0 Å². The lowest BCUT2D eigenvalue weighted by Gasteiger charge is -2.12. The van der Waals surface area contributed by atoms with Crippen LogP contribution in [0.15, 0.2) is 18.2 Å². The van der Waals surface area contributed by atoms with Gasteiger partial charge < -0.3 is 20.5 Å². The van der Waals surface area contributed by atoms with E-state index in [0.29, 0.717) is 16.5 Å². The van der Waals surface area contributed by atoms with E-state index in [0.717, 1.165) is 0 Å². The molecule has 0 fully saturated rings. The van der Waals surface area contributed by atoms with Crippen molar-refractivity contribution in [2.45, 2.75) is 6.04 Å². The summed E-state index contributed by atoms with van der Waals surface area (Å²) in [5.74, 6) is 0.168. The van der Waals surface area contributed by atoms with Crippen LogP contribution < -0.4 is 15.8 Å². The molecule has 0 saturated heterocycles. The third-order valence-corrected chi connectivity index (χ3v) is 2.41. The van der Waals surface area contributed by atoms with Crippen LogP contribution in [0.1, 0.15) is 0 Å². The molecule has 0 radical (unpaired) electrons. The third-order valence-electron chi connectivity index (χ3n) is 2.10. The second-order valence-electron chi connectivity index (χ2n) is 3.40. The number of carbonyl (C=O) groups is 1. The summed E-state index contributed by atoms with van der Waals surface area (Å²) in [5, 5.41) is 3.12. The summed E-state index contributed by atoms with van der Waals surface area (Å²) in [6.45, 7) is 0.163. The van der Waals surface area contributed by atoms with Gasteiger partial charge in [0.15, 0.2) is 0 Å². The monoisotopic (exact) mass is 258 g/mol. The molecule has 0 aromatic heterocycles. The minimum Gasteiger partial charge on any atom is -0.495 e. The van der Waals surface area contributed by atoms with Gasteiger partial charge in [0, 0.05) is 18.9 Å². The molecule has 0 bridgehead atoms. The van der Waals surface area contributed by atoms with Gasteiger partial charge in [-0.2, -0.15) is 0 Å². The smallest absolute Gasteiger partial charge is 0.243 e. The largest absolute Gasteiger partial charge is 0.495 e. The van der Waals surface area contributed by atoms with Gasteiger partial charge >= 0.3 is 0 Å². The molecule has 0 spiro atoms. The summed E-state index contributed by atoms with van der Waals surface area (Å²) in [4.78, 5) is 11.6. The first-order valence-corrected chi connectivity index (χ1v) is 5.35. The van der Waals surface area contributed by atoms with Crippen LogP contribution in [0.3, 0.4) is 0 Å². The Balaban J connectivity index is 2.71. The number of amides is 1. The van der Waals surface area contributed by atoms with Crippen molar-refractivity contribution >= 4 is 23.2 Å². The molecule has 3 N–H and O–H groups in total. The molecule has 94 valence electrons. The van der Waals surface area contributed by atoms with Crippen molar-refractivity contribution < 1.29 is 14.3 Å². The van der Waals surface area contributed by atoms with Crippen LogP contribution in [-0.2, 0) is 9.53 Å². The summed E-state index contributed by atoms with van der Waals surface area (Å²) in [6, 6.07) is 4.22. The molecule has 1 aromatic rings. The lowest BCUT2D eigenvalue weighted by molar-refractivity contribution is -0.118. The SMILES string of the molecule is COCC(N)C(=O)Nc1ccc(Cl)c(OC)c1. The molecule has 0 aliphatic carbocycles. The van der Waals surface area contributed by atoms with Crippen molar-refractivity contribution in [3.05, 3.63) is 23.2 Å². The molecule has 0 heterocycles. The van der Waals surface area contributed by atoms with E-state index in [1.807, 2.05) is 0 Å². The van der Waals surface area contributed by atoms with E-state index < -0.39 is 6.04 Å². The molecule has 17 heavy (non-hydrogen) atoms. The number of methoxy groups -OCH3 is 2. The number of rotatable bonds is 5. The van der Waals surface area contributed by atoms with Crippen molar-refractivity contribution in [1.29, 1.82) is 0 Å². The first kappa shape index (κ1) is 13.8. The van der Waals surface area contributed by atoms with Gasteiger partial charge in [-0.05, 0) is 12.1 Å². The van der Waals surface area contributed by atoms with Crippen LogP contribution in [-0.4, -0.2) is 32.8 Å². The summed E-state index contributed by atoms with van der Waals surface area (Å²) in [6.07, 6.45) is 0. The Labute approximate surface area is 105 Å². The molecular formula is C11H15ClN2O3. The Bertz CT molecular complexity index is 398. The maximum absolute atomic E-state index is 11.6. The molecule has 1 amide bonds. The molecule has 1 aromatic carbocycles. The maximum Gasteiger partial charge on any atom is 0.243 e. The highest BCUT2D eigenvalue weighted by atomic mass is 35.5. The molecule has 0 aliphatic heterocycles. The maximum atomic E-state index is 11.6. The highest BCUT2D eigenvalue weighted by Crippen LogP contribution is 2.27. The van der Waals surface area contributed by atoms with E-state index in [9.17, 15) is 4.79 Å². The van der Waals surface area contributed by atoms with Crippen molar-refractivity contribution in [3.63, 3.8) is 0 Å². The number of anilines is 1. The molecule has 1 rings (SSSR count). The van der Waals surface area contributed by atoms with E-state index in [-0.39, 0.29) is 12.5 Å². The van der Waals surface area contributed by atoms with E-state index in [1.54, 1.807) is 18.2 Å². The number of halogens is 1. The molecule has 5 nitrogen and oxygen atoms in total. The van der Waals surface area contributed by atoms with E-state index in [4.69, 9.17) is 26.8 Å². The minimum atomic E-state index is -0.707. The van der Waals surface area contributed by atoms with Gasteiger partial charge in [-0.25, -0.2) is 0 Å². The summed E-state index contributed by atoms with van der Waals surface area (Å²) < 4.78 is 9.83. The average molecular weight is 259 g/mol. The van der Waals surface area contributed by atoms with Crippen LogP contribution in [0.25, 0.3) is 0 Å². The number of ether oxygens (including phenoxy) is 2. The van der Waals surface area contributed by atoms with Gasteiger partial charge in [-0.1, -0.05) is 11.6 Å². The second-order valence-corrected chi connectivity index (χ2v) is 3.81. The normalized spacial score (nSPS) is 12.0. The number of nitrogens with one attached hydrogen (secondary N) is 1. The van der Waals surface area contributed by atoms with Crippen LogP contribution in [0.2, 0.25) is 5.02 Å². The first-order chi connectivity index (χ1) is 8.08. The fourth-order valence-corrected chi connectivity index (χ4v) is 1.42. The molecule has 1 unspecified atom stereocenters. The zero-order valence-corrected chi connectivity index (χ0v) is 10.5. The number of hydrogen-bond donors (Lipinski definition) is 2. The fourth-order valence-electron chi connectivity index (χ4n) is 1.23. The Morgan fingerprint density at radius 2 is 2.24 bits per heavy atom. The van der Waals surface area contributed by atoms with Crippen molar-refractivity contribution in [3.8, 4) is 5.75 Å². The molecule has 1 atom stereocenters. The summed E-state index contributed by atoms with van der Waals surface area (Å²) in [7, 11) is 2.99. The van der Waals surface area contributed by atoms with E-state index in [1.165, 1.54) is 14.2 Å². The van der Waals surface area contributed by atoms with Crippen LogP contribution in [0, 0.1) is 0 Å². The van der Waals surface area contributed by atoms with Gasteiger partial charge in [0.25, 0.3) is 0 Å². The van der Waals surface area contributed by atoms with Gasteiger partial charge in [0.1, 0.15) is 11.8 Å². The molecule has 0 saturated carbocycles. The Morgan fingerprint density at radius 3 is 2.82 bits per heavy atom. The summed E-state index contributed by atoms with van der Waals surface area (Å²) >= 11 is 5.86. The lowest BCUT2D eigenvalue weighted by atomic mass is 10.2.